The highest BCUT2D eigenvalue weighted by Crippen LogP contribution is 2.31. The third-order valence-corrected chi connectivity index (χ3v) is 6.23. The van der Waals surface area contributed by atoms with E-state index in [1.54, 1.807) is 0 Å². The number of nitrogens with zero attached hydrogens (tertiary/aromatic N) is 3. The molecule has 5 nitrogen and oxygen atoms in total. The summed E-state index contributed by atoms with van der Waals surface area (Å²) in [5.41, 5.74) is 2.00. The molecular formula is C20H25ClN4O. The molecule has 2 saturated heterocycles. The van der Waals surface area contributed by atoms with Crippen LogP contribution in [0.5, 0.6) is 0 Å². The number of halogens is 1. The number of piperazine rings is 1. The minimum atomic E-state index is 0.0753. The average molecular weight is 373 g/mol. The molecule has 138 valence electrons. The van der Waals surface area contributed by atoms with E-state index in [2.05, 4.69) is 34.3 Å². The molecule has 3 heterocycles. The molecule has 6 heteroatoms. The summed E-state index contributed by atoms with van der Waals surface area (Å²) in [6, 6.07) is 10.1. The van der Waals surface area contributed by atoms with Crippen LogP contribution in [0, 0.1) is 0 Å². The molecule has 2 fully saturated rings. The van der Waals surface area contributed by atoms with Gasteiger partial charge in [0.25, 0.3) is 0 Å². The molecule has 1 spiro atoms. The van der Waals surface area contributed by atoms with Crippen molar-refractivity contribution < 1.29 is 4.79 Å². The number of rotatable bonds is 2. The van der Waals surface area contributed by atoms with Gasteiger partial charge in [-0.05, 0) is 32.0 Å². The Kier molecular flexibility index (Phi) is 4.86. The maximum Gasteiger partial charge on any atom is 0.220 e. The molecule has 4 rings (SSSR count). The minimum absolute atomic E-state index is 0.0753. The lowest BCUT2D eigenvalue weighted by Gasteiger charge is -2.49. The molecule has 0 aliphatic carbocycles. The van der Waals surface area contributed by atoms with E-state index in [0.29, 0.717) is 11.4 Å². The summed E-state index contributed by atoms with van der Waals surface area (Å²) in [5, 5.41) is 4.79. The molecule has 0 radical (unpaired) electrons. The van der Waals surface area contributed by atoms with Crippen molar-refractivity contribution in [3.8, 4) is 0 Å². The molecule has 26 heavy (non-hydrogen) atoms. The van der Waals surface area contributed by atoms with Gasteiger partial charge in [0.1, 0.15) is 0 Å². The molecule has 1 N–H and O–H groups in total. The number of pyridine rings is 1. The number of aromatic nitrogens is 1. The smallest absolute Gasteiger partial charge is 0.220 e. The molecule has 2 aliphatic rings. The summed E-state index contributed by atoms with van der Waals surface area (Å²) < 4.78 is 0. The third-order valence-electron chi connectivity index (χ3n) is 5.92. The van der Waals surface area contributed by atoms with Crippen molar-refractivity contribution in [3.63, 3.8) is 0 Å². The van der Waals surface area contributed by atoms with E-state index in [4.69, 9.17) is 16.6 Å². The van der Waals surface area contributed by atoms with E-state index in [9.17, 15) is 4.79 Å². The zero-order valence-electron chi connectivity index (χ0n) is 15.2. The zero-order chi connectivity index (χ0) is 18.1. The summed E-state index contributed by atoms with van der Waals surface area (Å²) >= 11 is 6.32. The van der Waals surface area contributed by atoms with Crippen LogP contribution < -0.4 is 5.32 Å². The van der Waals surface area contributed by atoms with Crippen LogP contribution in [0.4, 0.5) is 0 Å². The van der Waals surface area contributed by atoms with Crippen molar-refractivity contribution >= 4 is 28.4 Å². The monoisotopic (exact) mass is 372 g/mol. The summed E-state index contributed by atoms with van der Waals surface area (Å²) in [5.74, 6) is 0.179. The van der Waals surface area contributed by atoms with Crippen LogP contribution in [0.3, 0.4) is 0 Å². The third kappa shape index (κ3) is 3.43. The van der Waals surface area contributed by atoms with Crippen LogP contribution in [0.15, 0.2) is 30.3 Å². The topological polar surface area (TPSA) is 48.5 Å². The maximum absolute atomic E-state index is 11.8. The Bertz CT molecular complexity index is 827. The molecular weight excluding hydrogens is 348 g/mol. The highest BCUT2D eigenvalue weighted by atomic mass is 35.5. The van der Waals surface area contributed by atoms with Crippen LogP contribution in [0.25, 0.3) is 10.9 Å². The number of benzene rings is 1. The highest BCUT2D eigenvalue weighted by Gasteiger charge is 2.40. The molecule has 0 bridgehead atoms. The second kappa shape index (κ2) is 7.14. The Morgan fingerprint density at radius 2 is 2.12 bits per heavy atom. The predicted octanol–water partition coefficient (Wildman–Crippen LogP) is 2.67. The lowest BCUT2D eigenvalue weighted by molar-refractivity contribution is -0.121. The number of hydrogen-bond donors (Lipinski definition) is 1. The van der Waals surface area contributed by atoms with Crippen molar-refractivity contribution in [3.05, 3.63) is 41.0 Å². The van der Waals surface area contributed by atoms with Gasteiger partial charge in [-0.2, -0.15) is 0 Å². The molecule has 1 aromatic carbocycles. The lowest BCUT2D eigenvalue weighted by Crippen LogP contribution is -2.60. The van der Waals surface area contributed by atoms with E-state index >= 15 is 0 Å². The lowest BCUT2D eigenvalue weighted by atomic mass is 9.86. The van der Waals surface area contributed by atoms with E-state index in [0.717, 1.165) is 62.2 Å². The van der Waals surface area contributed by atoms with Crippen molar-refractivity contribution in [2.24, 2.45) is 0 Å². The molecule has 1 amide bonds. The first-order chi connectivity index (χ1) is 12.6. The van der Waals surface area contributed by atoms with Gasteiger partial charge in [0.15, 0.2) is 0 Å². The largest absolute Gasteiger partial charge is 0.356 e. The Morgan fingerprint density at radius 1 is 1.23 bits per heavy atom. The molecule has 1 atom stereocenters. The van der Waals surface area contributed by atoms with Gasteiger partial charge >= 0.3 is 0 Å². The maximum atomic E-state index is 11.8. The van der Waals surface area contributed by atoms with Crippen LogP contribution >= 0.6 is 11.6 Å². The molecule has 1 aromatic heterocycles. The Hall–Kier alpha value is -1.69. The van der Waals surface area contributed by atoms with Crippen molar-refractivity contribution in [1.82, 2.24) is 20.1 Å². The number of likely N-dealkylation sites (N-methyl/N-ethyl adjacent to an activating group) is 1. The summed E-state index contributed by atoms with van der Waals surface area (Å²) in [6.45, 7) is 4.59. The van der Waals surface area contributed by atoms with E-state index in [1.807, 2.05) is 18.2 Å². The van der Waals surface area contributed by atoms with Gasteiger partial charge in [0, 0.05) is 50.1 Å². The fourth-order valence-electron chi connectivity index (χ4n) is 4.28. The Balaban J connectivity index is 1.53. The van der Waals surface area contributed by atoms with Gasteiger partial charge in [-0.1, -0.05) is 29.8 Å². The summed E-state index contributed by atoms with van der Waals surface area (Å²) in [4.78, 5) is 21.5. The minimum Gasteiger partial charge on any atom is -0.356 e. The van der Waals surface area contributed by atoms with E-state index in [1.165, 1.54) is 0 Å². The predicted molar refractivity (Wildman–Crippen MR) is 104 cm³/mol. The van der Waals surface area contributed by atoms with Crippen molar-refractivity contribution in [2.45, 2.75) is 31.3 Å². The van der Waals surface area contributed by atoms with Gasteiger partial charge in [-0.15, -0.1) is 0 Å². The SMILES string of the molecule is CN1CCN(Cc2ccc3cccc(Cl)c3n2)CC12CCNC(=O)CC2. The molecule has 1 unspecified atom stereocenters. The summed E-state index contributed by atoms with van der Waals surface area (Å²) in [6.07, 6.45) is 2.54. The second-order valence-electron chi connectivity index (χ2n) is 7.57. The molecule has 2 aliphatic heterocycles. The second-order valence-corrected chi connectivity index (χ2v) is 7.98. The normalized spacial score (nSPS) is 25.4. The van der Waals surface area contributed by atoms with Crippen LogP contribution in [0.1, 0.15) is 25.0 Å². The van der Waals surface area contributed by atoms with E-state index < -0.39 is 0 Å². The van der Waals surface area contributed by atoms with Gasteiger partial charge in [0.2, 0.25) is 5.91 Å². The van der Waals surface area contributed by atoms with E-state index in [-0.39, 0.29) is 11.4 Å². The van der Waals surface area contributed by atoms with Gasteiger partial charge in [0.05, 0.1) is 16.2 Å². The average Bonchev–Trinajstić information content (AvgIpc) is 2.82. The van der Waals surface area contributed by atoms with Crippen LogP contribution in [-0.4, -0.2) is 59.5 Å². The van der Waals surface area contributed by atoms with Gasteiger partial charge in [-0.25, -0.2) is 4.98 Å². The van der Waals surface area contributed by atoms with Gasteiger partial charge < -0.3 is 5.32 Å². The first kappa shape index (κ1) is 17.7. The first-order valence-corrected chi connectivity index (χ1v) is 9.68. The quantitative estimate of drug-likeness (QED) is 0.880. The van der Waals surface area contributed by atoms with Crippen molar-refractivity contribution in [1.29, 1.82) is 0 Å². The fraction of sp³-hybridized carbons (Fsp3) is 0.500. The standard InChI is InChI=1S/C20H25ClN4O/c1-24-11-12-25(14-20(24)8-7-18(26)22-10-9-20)13-16-6-5-15-3-2-4-17(21)19(15)23-16/h2-6H,7-14H2,1H3,(H,22,26). The highest BCUT2D eigenvalue weighted by molar-refractivity contribution is 6.35. The molecule has 0 saturated carbocycles. The Labute approximate surface area is 159 Å². The number of hydrogen-bond acceptors (Lipinski definition) is 4. The van der Waals surface area contributed by atoms with Gasteiger partial charge in [-0.3, -0.25) is 14.6 Å². The zero-order valence-corrected chi connectivity index (χ0v) is 15.9. The molecule has 2 aromatic rings. The number of nitrogens with one attached hydrogen (secondary N) is 1. The Morgan fingerprint density at radius 3 is 3.00 bits per heavy atom. The van der Waals surface area contributed by atoms with Crippen molar-refractivity contribution in [2.75, 3.05) is 33.2 Å². The number of carbonyl (C=O) groups excluding carboxylic acids is 1. The summed E-state index contributed by atoms with van der Waals surface area (Å²) in [7, 11) is 2.20. The van der Waals surface area contributed by atoms with Crippen LogP contribution in [-0.2, 0) is 11.3 Å². The van der Waals surface area contributed by atoms with Crippen LogP contribution in [0.2, 0.25) is 5.02 Å². The number of amides is 1. The first-order valence-electron chi connectivity index (χ1n) is 9.30. The fourth-order valence-corrected chi connectivity index (χ4v) is 4.51. The number of fused-ring (bicyclic) bond motifs is 1. The number of carbonyl (C=O) groups is 1. The number of para-hydroxylation sites is 1.